The van der Waals surface area contributed by atoms with E-state index in [-0.39, 0.29) is 0 Å². The summed E-state index contributed by atoms with van der Waals surface area (Å²) in [5.74, 6) is 4.78. The largest absolute Gasteiger partial charge is 0.580 e. The van der Waals surface area contributed by atoms with E-state index in [2.05, 4.69) is 4.84 Å². The van der Waals surface area contributed by atoms with Crippen molar-refractivity contribution in [1.82, 2.24) is 0 Å². The lowest BCUT2D eigenvalue weighted by Gasteiger charge is -2.24. The average Bonchev–Trinajstić information content (AvgIpc) is 1.63. The third-order valence-electron chi connectivity index (χ3n) is 0.838. The van der Waals surface area contributed by atoms with Crippen molar-refractivity contribution < 1.29 is 10.2 Å². The van der Waals surface area contributed by atoms with Gasteiger partial charge in [0.05, 0.1) is 0 Å². The standard InChI is InChI=1S/C4H12N2O2S/c1-4(2,9-3)8-6(5)7/h6H,5H2,1-3H3. The molecule has 0 aromatic rings. The fourth-order valence-corrected chi connectivity index (χ4v) is 0.449. The first kappa shape index (κ1) is 9.19. The van der Waals surface area contributed by atoms with Crippen LogP contribution in [0.5, 0.6) is 0 Å². The Balaban J connectivity index is 3.58. The van der Waals surface area contributed by atoms with Crippen LogP contribution >= 0.6 is 11.8 Å². The van der Waals surface area contributed by atoms with E-state index in [9.17, 15) is 5.21 Å². The SMILES string of the molecule is CSC(C)(C)O[NH+](N)[O-]. The maximum atomic E-state index is 10.2. The number of quaternary nitrogens is 1. The molecule has 0 aromatic heterocycles. The van der Waals surface area contributed by atoms with E-state index in [1.165, 1.54) is 11.8 Å². The minimum Gasteiger partial charge on any atom is -0.580 e. The maximum absolute atomic E-state index is 10.2. The van der Waals surface area contributed by atoms with Crippen molar-refractivity contribution >= 4 is 11.8 Å². The summed E-state index contributed by atoms with van der Waals surface area (Å²) in [6.45, 7) is 3.56. The van der Waals surface area contributed by atoms with Gasteiger partial charge in [-0.15, -0.1) is 22.9 Å². The summed E-state index contributed by atoms with van der Waals surface area (Å²) in [5.41, 5.74) is 0. The normalized spacial score (nSPS) is 15.7. The van der Waals surface area contributed by atoms with Crippen molar-refractivity contribution in [3.63, 3.8) is 0 Å². The first-order valence-electron chi connectivity index (χ1n) is 2.51. The van der Waals surface area contributed by atoms with Gasteiger partial charge in [-0.3, -0.25) is 0 Å². The lowest BCUT2D eigenvalue weighted by atomic mass is 10.5. The second-order valence-corrected chi connectivity index (χ2v) is 3.42. The van der Waals surface area contributed by atoms with Crippen LogP contribution < -0.4 is 11.2 Å². The molecule has 0 aliphatic heterocycles. The highest BCUT2D eigenvalue weighted by molar-refractivity contribution is 7.99. The number of thioether (sulfide) groups is 1. The molecule has 3 N–H and O–H groups in total. The molecule has 0 saturated heterocycles. The van der Waals surface area contributed by atoms with Gasteiger partial charge in [-0.1, -0.05) is 0 Å². The fraction of sp³-hybridized carbons (Fsp3) is 1.00. The first-order chi connectivity index (χ1) is 3.98. The van der Waals surface area contributed by atoms with E-state index in [4.69, 9.17) is 5.84 Å². The van der Waals surface area contributed by atoms with Gasteiger partial charge in [-0.05, 0) is 20.1 Å². The molecule has 0 spiro atoms. The quantitative estimate of drug-likeness (QED) is 0.318. The molecule has 1 unspecified atom stereocenters. The van der Waals surface area contributed by atoms with Gasteiger partial charge in [0.2, 0.25) is 0 Å². The second-order valence-electron chi connectivity index (χ2n) is 2.03. The van der Waals surface area contributed by atoms with Gasteiger partial charge in [0.25, 0.3) is 0 Å². The fourth-order valence-electron chi connectivity index (χ4n) is 0.284. The van der Waals surface area contributed by atoms with Crippen LogP contribution in [0.2, 0.25) is 0 Å². The van der Waals surface area contributed by atoms with Gasteiger partial charge in [-0.25, -0.2) is 0 Å². The summed E-state index contributed by atoms with van der Waals surface area (Å²) in [5, 5.41) is 9.43. The summed E-state index contributed by atoms with van der Waals surface area (Å²) < 4.78 is 0. The molecule has 5 heteroatoms. The zero-order valence-corrected chi connectivity index (χ0v) is 6.62. The lowest BCUT2D eigenvalue weighted by molar-refractivity contribution is -1.07. The van der Waals surface area contributed by atoms with E-state index in [0.717, 1.165) is 0 Å². The highest BCUT2D eigenvalue weighted by Gasteiger charge is 2.20. The molecule has 0 heterocycles. The lowest BCUT2D eigenvalue weighted by Crippen LogP contribution is -3.13. The van der Waals surface area contributed by atoms with Gasteiger partial charge in [0.15, 0.2) is 4.93 Å². The second kappa shape index (κ2) is 3.38. The molecule has 0 rings (SSSR count). The van der Waals surface area contributed by atoms with E-state index < -0.39 is 10.3 Å². The Morgan fingerprint density at radius 1 is 1.67 bits per heavy atom. The first-order valence-corrected chi connectivity index (χ1v) is 3.74. The maximum Gasteiger partial charge on any atom is 0.169 e. The topological polar surface area (TPSA) is 62.8 Å². The van der Waals surface area contributed by atoms with Gasteiger partial charge in [0.1, 0.15) is 0 Å². The van der Waals surface area contributed by atoms with E-state index in [1.807, 2.05) is 6.26 Å². The highest BCUT2D eigenvalue weighted by Crippen LogP contribution is 2.19. The molecule has 0 saturated carbocycles. The monoisotopic (exact) mass is 152 g/mol. The average molecular weight is 152 g/mol. The van der Waals surface area contributed by atoms with Crippen molar-refractivity contribution in [3.05, 3.63) is 5.21 Å². The third-order valence-corrected chi connectivity index (χ3v) is 1.90. The molecule has 0 bridgehead atoms. The van der Waals surface area contributed by atoms with Crippen LogP contribution in [0.3, 0.4) is 0 Å². The van der Waals surface area contributed by atoms with E-state index >= 15 is 0 Å². The molecule has 0 amide bonds. The van der Waals surface area contributed by atoms with Crippen LogP contribution in [0.1, 0.15) is 13.8 Å². The molecule has 0 radical (unpaired) electrons. The smallest absolute Gasteiger partial charge is 0.169 e. The summed E-state index contributed by atoms with van der Waals surface area (Å²) in [4.78, 5) is 4.19. The molecule has 0 aliphatic rings. The summed E-state index contributed by atoms with van der Waals surface area (Å²) >= 11 is 1.43. The van der Waals surface area contributed by atoms with Crippen LogP contribution in [-0.4, -0.2) is 11.2 Å². The van der Waals surface area contributed by atoms with Gasteiger partial charge in [0, 0.05) is 0 Å². The third kappa shape index (κ3) is 4.68. The minimum atomic E-state index is -0.727. The van der Waals surface area contributed by atoms with Crippen LogP contribution in [0.15, 0.2) is 0 Å². The number of nitrogens with two attached hydrogens (primary N) is 1. The molecular formula is C4H12N2O2S. The Kier molecular flexibility index (Phi) is 3.45. The molecule has 56 valence electrons. The zero-order chi connectivity index (χ0) is 7.49. The summed E-state index contributed by atoms with van der Waals surface area (Å²) in [7, 11) is 0. The van der Waals surface area contributed by atoms with Gasteiger partial charge < -0.3 is 5.21 Å². The molecule has 0 aromatic carbocycles. The Bertz CT molecular complexity index is 86.6. The zero-order valence-electron chi connectivity index (χ0n) is 5.80. The number of rotatable bonds is 3. The van der Waals surface area contributed by atoms with Crippen molar-refractivity contribution in [2.45, 2.75) is 18.8 Å². The van der Waals surface area contributed by atoms with Crippen molar-refractivity contribution in [2.24, 2.45) is 5.84 Å². The van der Waals surface area contributed by atoms with Crippen LogP contribution in [0.25, 0.3) is 0 Å². The predicted octanol–water partition coefficient (Wildman–Crippen LogP) is -0.726. The Morgan fingerprint density at radius 3 is 2.22 bits per heavy atom. The van der Waals surface area contributed by atoms with Crippen LogP contribution in [0.4, 0.5) is 0 Å². The highest BCUT2D eigenvalue weighted by atomic mass is 32.2. The molecule has 0 fully saturated rings. The van der Waals surface area contributed by atoms with E-state index in [1.54, 1.807) is 13.8 Å². The number of nitrogens with one attached hydrogen (secondary N) is 1. The molecule has 4 nitrogen and oxygen atoms in total. The van der Waals surface area contributed by atoms with Crippen molar-refractivity contribution in [3.8, 4) is 0 Å². The summed E-state index contributed by atoms with van der Waals surface area (Å²) in [6, 6.07) is 0. The van der Waals surface area contributed by atoms with Gasteiger partial charge >= 0.3 is 0 Å². The molecule has 0 aliphatic carbocycles. The number of hydrogen-bond acceptors (Lipinski definition) is 4. The summed E-state index contributed by atoms with van der Waals surface area (Å²) in [6.07, 6.45) is 1.85. The molecule has 1 atom stereocenters. The number of hydrogen-bond donors (Lipinski definition) is 2. The predicted molar refractivity (Wildman–Crippen MR) is 37.2 cm³/mol. The molecular weight excluding hydrogens is 140 g/mol. The van der Waals surface area contributed by atoms with E-state index in [0.29, 0.717) is 0 Å². The minimum absolute atomic E-state index is 0.494. The van der Waals surface area contributed by atoms with Crippen molar-refractivity contribution in [1.29, 1.82) is 0 Å². The Hall–Kier alpha value is 0.190. The van der Waals surface area contributed by atoms with Gasteiger partial charge in [-0.2, -0.15) is 4.84 Å². The Labute approximate surface area is 58.8 Å². The van der Waals surface area contributed by atoms with Crippen LogP contribution in [-0.2, 0) is 4.84 Å². The van der Waals surface area contributed by atoms with Crippen LogP contribution in [0, 0.1) is 5.21 Å². The molecule has 9 heavy (non-hydrogen) atoms. The Morgan fingerprint density at radius 2 is 2.11 bits per heavy atom. The van der Waals surface area contributed by atoms with Crippen molar-refractivity contribution in [2.75, 3.05) is 6.26 Å².